The van der Waals surface area contributed by atoms with Crippen molar-refractivity contribution >= 4 is 12.0 Å². The number of carbonyl (C=O) groups excluding carboxylic acids is 1. The van der Waals surface area contributed by atoms with Gasteiger partial charge < -0.3 is 20.4 Å². The maximum Gasteiger partial charge on any atom is 0.317 e. The molecule has 0 aromatic rings. The molecule has 106 valence electrons. The molecule has 0 aromatic heterocycles. The third-order valence-electron chi connectivity index (χ3n) is 2.95. The Morgan fingerprint density at radius 2 is 2.00 bits per heavy atom. The number of carboxylic acids is 1. The van der Waals surface area contributed by atoms with Crippen molar-refractivity contribution in [3.63, 3.8) is 0 Å². The van der Waals surface area contributed by atoms with E-state index in [0.717, 1.165) is 12.8 Å². The molecule has 0 spiro atoms. The Hall–Kier alpha value is -1.30. The van der Waals surface area contributed by atoms with Crippen LogP contribution < -0.4 is 5.32 Å². The monoisotopic (exact) mass is 260 g/mol. The average molecular weight is 260 g/mol. The lowest BCUT2D eigenvalue weighted by atomic mass is 9.97. The van der Waals surface area contributed by atoms with Gasteiger partial charge in [-0.3, -0.25) is 4.79 Å². The van der Waals surface area contributed by atoms with Gasteiger partial charge in [-0.15, -0.1) is 0 Å². The van der Waals surface area contributed by atoms with Crippen LogP contribution in [0.5, 0.6) is 0 Å². The van der Waals surface area contributed by atoms with Gasteiger partial charge in [0.1, 0.15) is 0 Å². The van der Waals surface area contributed by atoms with Gasteiger partial charge in [0.05, 0.1) is 6.61 Å². The van der Waals surface area contributed by atoms with Crippen molar-refractivity contribution in [2.75, 3.05) is 26.7 Å². The number of aliphatic hydroxyl groups excluding tert-OH is 1. The molecule has 3 N–H and O–H groups in total. The normalized spacial score (nSPS) is 11.9. The smallest absolute Gasteiger partial charge is 0.317 e. The number of aliphatic carboxylic acids is 1. The predicted molar refractivity (Wildman–Crippen MR) is 68.4 cm³/mol. The summed E-state index contributed by atoms with van der Waals surface area (Å²) in [7, 11) is 1.62. The molecule has 0 rings (SSSR count). The van der Waals surface area contributed by atoms with E-state index >= 15 is 0 Å². The standard InChI is InChI=1S/C12H24N2O4/c1-3-10(4-5-11(16)17)6-7-13-12(18)14(2)8-9-15/h10,15H,3-9H2,1-2H3,(H,13,18)(H,16,17). The van der Waals surface area contributed by atoms with Crippen molar-refractivity contribution in [2.45, 2.75) is 32.6 Å². The van der Waals surface area contributed by atoms with E-state index in [1.54, 1.807) is 7.05 Å². The second-order valence-corrected chi connectivity index (χ2v) is 4.37. The van der Waals surface area contributed by atoms with E-state index in [-0.39, 0.29) is 19.1 Å². The molecule has 18 heavy (non-hydrogen) atoms. The molecule has 0 bridgehead atoms. The minimum Gasteiger partial charge on any atom is -0.481 e. The minimum atomic E-state index is -0.778. The molecule has 1 atom stereocenters. The Balaban J connectivity index is 3.79. The highest BCUT2D eigenvalue weighted by molar-refractivity contribution is 5.73. The van der Waals surface area contributed by atoms with Gasteiger partial charge in [-0.2, -0.15) is 0 Å². The summed E-state index contributed by atoms with van der Waals surface area (Å²) >= 11 is 0. The highest BCUT2D eigenvalue weighted by Crippen LogP contribution is 2.14. The molecule has 0 aliphatic rings. The van der Waals surface area contributed by atoms with Crippen molar-refractivity contribution in [1.29, 1.82) is 0 Å². The van der Waals surface area contributed by atoms with Gasteiger partial charge in [-0.1, -0.05) is 13.3 Å². The lowest BCUT2D eigenvalue weighted by Gasteiger charge is -2.18. The summed E-state index contributed by atoms with van der Waals surface area (Å²) in [5.74, 6) is -0.454. The molecule has 1 unspecified atom stereocenters. The third kappa shape index (κ3) is 7.89. The first-order valence-corrected chi connectivity index (χ1v) is 6.32. The van der Waals surface area contributed by atoms with Crippen LogP contribution in [0, 0.1) is 5.92 Å². The lowest BCUT2D eigenvalue weighted by molar-refractivity contribution is -0.137. The molecule has 0 fully saturated rings. The van der Waals surface area contributed by atoms with E-state index in [9.17, 15) is 9.59 Å². The number of carbonyl (C=O) groups is 2. The first-order chi connectivity index (χ1) is 8.51. The molecule has 0 aliphatic heterocycles. The van der Waals surface area contributed by atoms with Crippen LogP contribution in [0.2, 0.25) is 0 Å². The summed E-state index contributed by atoms with van der Waals surface area (Å²) in [6, 6.07) is -0.211. The Kier molecular flexibility index (Phi) is 9.00. The molecule has 0 aliphatic carbocycles. The number of carboxylic acid groups (broad SMARTS) is 1. The Morgan fingerprint density at radius 1 is 1.33 bits per heavy atom. The molecular formula is C12H24N2O4. The second-order valence-electron chi connectivity index (χ2n) is 4.37. The quantitative estimate of drug-likeness (QED) is 0.574. The zero-order valence-corrected chi connectivity index (χ0v) is 11.2. The Bertz CT molecular complexity index is 258. The first kappa shape index (κ1) is 16.7. The second kappa shape index (κ2) is 9.70. The summed E-state index contributed by atoms with van der Waals surface area (Å²) in [6.07, 6.45) is 2.52. The fourth-order valence-electron chi connectivity index (χ4n) is 1.65. The molecule has 6 heteroatoms. The summed E-state index contributed by atoms with van der Waals surface area (Å²) < 4.78 is 0. The molecule has 0 aromatic carbocycles. The van der Waals surface area contributed by atoms with Crippen molar-refractivity contribution in [1.82, 2.24) is 10.2 Å². The Morgan fingerprint density at radius 3 is 2.50 bits per heavy atom. The number of nitrogens with one attached hydrogen (secondary N) is 1. The maximum atomic E-state index is 11.5. The van der Waals surface area contributed by atoms with Crippen LogP contribution in [-0.4, -0.2) is 53.9 Å². The largest absolute Gasteiger partial charge is 0.481 e. The van der Waals surface area contributed by atoms with Crippen molar-refractivity contribution in [3.8, 4) is 0 Å². The van der Waals surface area contributed by atoms with Crippen LogP contribution in [0.1, 0.15) is 32.6 Å². The molecule has 0 heterocycles. The number of nitrogens with zero attached hydrogens (tertiary/aromatic N) is 1. The first-order valence-electron chi connectivity index (χ1n) is 6.32. The zero-order valence-electron chi connectivity index (χ0n) is 11.2. The van der Waals surface area contributed by atoms with Gasteiger partial charge in [-0.05, 0) is 18.8 Å². The molecule has 0 saturated carbocycles. The molecule has 0 radical (unpaired) electrons. The highest BCUT2D eigenvalue weighted by Gasteiger charge is 2.11. The zero-order chi connectivity index (χ0) is 14.0. The summed E-state index contributed by atoms with van der Waals surface area (Å²) in [6.45, 7) is 2.81. The SMILES string of the molecule is CCC(CCNC(=O)N(C)CCO)CCC(=O)O. The minimum absolute atomic E-state index is 0.0554. The Labute approximate surface area is 108 Å². The van der Waals surface area contributed by atoms with Crippen LogP contribution in [0.15, 0.2) is 0 Å². The molecule has 6 nitrogen and oxygen atoms in total. The van der Waals surface area contributed by atoms with E-state index in [2.05, 4.69) is 5.32 Å². The van der Waals surface area contributed by atoms with E-state index in [1.807, 2.05) is 6.92 Å². The highest BCUT2D eigenvalue weighted by atomic mass is 16.4. The van der Waals surface area contributed by atoms with E-state index in [0.29, 0.717) is 25.4 Å². The number of hydrogen-bond acceptors (Lipinski definition) is 3. The van der Waals surface area contributed by atoms with E-state index < -0.39 is 5.97 Å². The predicted octanol–water partition coefficient (Wildman–Crippen LogP) is 0.901. The fourth-order valence-corrected chi connectivity index (χ4v) is 1.65. The van der Waals surface area contributed by atoms with Crippen LogP contribution in [0.25, 0.3) is 0 Å². The van der Waals surface area contributed by atoms with Gasteiger partial charge in [0, 0.05) is 26.6 Å². The fraction of sp³-hybridized carbons (Fsp3) is 0.833. The molecule has 0 saturated heterocycles. The van der Waals surface area contributed by atoms with Gasteiger partial charge in [0.25, 0.3) is 0 Å². The number of hydrogen-bond donors (Lipinski definition) is 3. The van der Waals surface area contributed by atoms with Crippen molar-refractivity contribution < 1.29 is 19.8 Å². The summed E-state index contributed by atoms with van der Waals surface area (Å²) in [5, 5.41) is 20.0. The van der Waals surface area contributed by atoms with Gasteiger partial charge in [0.2, 0.25) is 0 Å². The summed E-state index contributed by atoms with van der Waals surface area (Å²) in [5.41, 5.74) is 0. The van der Waals surface area contributed by atoms with Crippen molar-refractivity contribution in [3.05, 3.63) is 0 Å². The van der Waals surface area contributed by atoms with Crippen LogP contribution >= 0.6 is 0 Å². The topological polar surface area (TPSA) is 89.9 Å². The van der Waals surface area contributed by atoms with Gasteiger partial charge >= 0.3 is 12.0 Å². The average Bonchev–Trinajstić information content (AvgIpc) is 2.33. The number of rotatable bonds is 9. The summed E-state index contributed by atoms with van der Waals surface area (Å²) in [4.78, 5) is 23.4. The van der Waals surface area contributed by atoms with Crippen LogP contribution in [-0.2, 0) is 4.79 Å². The van der Waals surface area contributed by atoms with Gasteiger partial charge in [0.15, 0.2) is 0 Å². The van der Waals surface area contributed by atoms with Gasteiger partial charge in [-0.25, -0.2) is 4.79 Å². The molecular weight excluding hydrogens is 236 g/mol. The number of urea groups is 1. The number of likely N-dealkylation sites (N-methyl/N-ethyl adjacent to an activating group) is 1. The molecule has 2 amide bonds. The third-order valence-corrected chi connectivity index (χ3v) is 2.95. The van der Waals surface area contributed by atoms with E-state index in [1.165, 1.54) is 4.90 Å². The van der Waals surface area contributed by atoms with Crippen molar-refractivity contribution in [2.24, 2.45) is 5.92 Å². The number of aliphatic hydroxyl groups is 1. The lowest BCUT2D eigenvalue weighted by Crippen LogP contribution is -2.39. The maximum absolute atomic E-state index is 11.5. The van der Waals surface area contributed by atoms with Crippen LogP contribution in [0.3, 0.4) is 0 Å². The van der Waals surface area contributed by atoms with Crippen LogP contribution in [0.4, 0.5) is 4.79 Å². The van der Waals surface area contributed by atoms with E-state index in [4.69, 9.17) is 10.2 Å². The number of amides is 2.